The van der Waals surface area contributed by atoms with Crippen molar-refractivity contribution in [3.8, 4) is 0 Å². The van der Waals surface area contributed by atoms with Crippen LogP contribution in [0.1, 0.15) is 11.0 Å². The van der Waals surface area contributed by atoms with Crippen LogP contribution in [0.5, 0.6) is 0 Å². The van der Waals surface area contributed by atoms with Gasteiger partial charge in [0.15, 0.2) is 0 Å². The van der Waals surface area contributed by atoms with E-state index < -0.39 is 5.44 Å². The second-order valence-corrected chi connectivity index (χ2v) is 5.04. The third kappa shape index (κ3) is 2.42. The van der Waals surface area contributed by atoms with Gasteiger partial charge in [-0.1, -0.05) is 38.2 Å². The number of hydrogen-bond acceptors (Lipinski definition) is 2. The van der Waals surface area contributed by atoms with Crippen LogP contribution >= 0.6 is 53.3 Å². The van der Waals surface area contributed by atoms with Crippen LogP contribution in [0.4, 0.5) is 0 Å². The minimum Gasteiger partial charge on any atom is -0.377 e. The van der Waals surface area contributed by atoms with Gasteiger partial charge in [0.05, 0.1) is 0 Å². The lowest BCUT2D eigenvalue weighted by Gasteiger charge is -2.09. The van der Waals surface area contributed by atoms with Crippen LogP contribution in [-0.4, -0.2) is 5.11 Å². The van der Waals surface area contributed by atoms with Gasteiger partial charge in [-0.15, -0.1) is 0 Å². The number of hydrogen-bond donors (Lipinski definition) is 1. The van der Waals surface area contributed by atoms with E-state index in [4.69, 9.17) is 23.2 Å². The average Bonchev–Trinajstić information content (AvgIpc) is 2.03. The van der Waals surface area contributed by atoms with Gasteiger partial charge in [0.1, 0.15) is 5.44 Å². The van der Waals surface area contributed by atoms with E-state index in [1.807, 2.05) is 21.2 Å². The van der Waals surface area contributed by atoms with Gasteiger partial charge >= 0.3 is 0 Å². The van der Waals surface area contributed by atoms with E-state index in [9.17, 15) is 5.11 Å². The van der Waals surface area contributed by atoms with Gasteiger partial charge in [-0.2, -0.15) is 0 Å². The van der Waals surface area contributed by atoms with Crippen molar-refractivity contribution in [1.82, 2.24) is 0 Å². The molecule has 1 rings (SSSR count). The van der Waals surface area contributed by atoms with Crippen LogP contribution < -0.4 is 0 Å². The molecule has 0 saturated heterocycles. The Morgan fingerprint density at radius 2 is 1.83 bits per heavy atom. The number of aliphatic hydroxyl groups is 1. The Kier molecular flexibility index (Phi) is 4.46. The van der Waals surface area contributed by atoms with E-state index in [1.165, 1.54) is 8.93 Å². The monoisotopic (exact) mass is 334 g/mol. The van der Waals surface area contributed by atoms with Gasteiger partial charge < -0.3 is 5.11 Å². The highest BCUT2D eigenvalue weighted by atomic mass is 127. The van der Waals surface area contributed by atoms with Crippen LogP contribution in [0.2, 0.25) is 10.0 Å². The number of benzene rings is 1. The van der Waals surface area contributed by atoms with E-state index in [0.717, 1.165) is 0 Å². The Balaban J connectivity index is 3.12. The second kappa shape index (κ2) is 4.91. The number of rotatable bonds is 2. The van der Waals surface area contributed by atoms with E-state index in [2.05, 4.69) is 0 Å². The predicted octanol–water partition coefficient (Wildman–Crippen LogP) is 4.07. The zero-order chi connectivity index (χ0) is 9.14. The van der Waals surface area contributed by atoms with Crippen molar-refractivity contribution in [2.75, 3.05) is 0 Å². The molecule has 12 heavy (non-hydrogen) atoms. The molecule has 0 aromatic heterocycles. The summed E-state index contributed by atoms with van der Waals surface area (Å²) in [5.74, 6) is 0. The molecule has 5 heteroatoms. The summed E-state index contributed by atoms with van der Waals surface area (Å²) in [4.78, 5) is 0. The molecular weight excluding hydrogens is 330 g/mol. The first-order chi connectivity index (χ1) is 5.66. The first-order valence-electron chi connectivity index (χ1n) is 3.06. The quantitative estimate of drug-likeness (QED) is 0.650. The van der Waals surface area contributed by atoms with Crippen LogP contribution in [0.25, 0.3) is 0 Å². The molecule has 1 nitrogen and oxygen atoms in total. The summed E-state index contributed by atoms with van der Waals surface area (Å²) in [6, 6.07) is 5.16. The summed E-state index contributed by atoms with van der Waals surface area (Å²) in [7, 11) is 1.26. The van der Waals surface area contributed by atoms with Gasteiger partial charge in [0.25, 0.3) is 0 Å². The molecule has 0 amide bonds. The second-order valence-electron chi connectivity index (χ2n) is 2.08. The van der Waals surface area contributed by atoms with Crippen molar-refractivity contribution in [1.29, 1.82) is 0 Å². The maximum atomic E-state index is 9.48. The molecule has 0 bridgehead atoms. The average molecular weight is 335 g/mol. The summed E-state index contributed by atoms with van der Waals surface area (Å²) < 4.78 is 0. The molecule has 0 radical (unpaired) electrons. The highest BCUT2D eigenvalue weighted by Gasteiger charge is 2.14. The molecule has 1 N–H and O–H groups in total. The Bertz CT molecular complexity index is 262. The third-order valence-electron chi connectivity index (χ3n) is 1.33. The van der Waals surface area contributed by atoms with Crippen LogP contribution in [0.3, 0.4) is 0 Å². The van der Waals surface area contributed by atoms with E-state index >= 15 is 0 Å². The lowest BCUT2D eigenvalue weighted by atomic mass is 10.2. The zero-order valence-corrected chi connectivity index (χ0v) is 10.3. The molecule has 1 atom stereocenters. The van der Waals surface area contributed by atoms with Crippen molar-refractivity contribution in [3.63, 3.8) is 0 Å². The Labute approximate surface area is 97.0 Å². The van der Waals surface area contributed by atoms with Crippen LogP contribution in [0.15, 0.2) is 18.2 Å². The van der Waals surface area contributed by atoms with E-state index in [1.54, 1.807) is 18.2 Å². The van der Waals surface area contributed by atoms with Crippen molar-refractivity contribution < 1.29 is 5.11 Å². The van der Waals surface area contributed by atoms with Crippen molar-refractivity contribution in [2.24, 2.45) is 0 Å². The predicted molar refractivity (Wildman–Crippen MR) is 63.0 cm³/mol. The first kappa shape index (κ1) is 10.9. The minimum atomic E-state index is -0.660. The lowest BCUT2D eigenvalue weighted by molar-refractivity contribution is 0.272. The maximum absolute atomic E-state index is 9.48. The normalized spacial score (nSPS) is 13.0. The highest BCUT2D eigenvalue weighted by Crippen LogP contribution is 2.39. The molecule has 1 unspecified atom stereocenters. The smallest absolute Gasteiger partial charge is 0.137 e. The fourth-order valence-corrected chi connectivity index (χ4v) is 2.63. The molecule has 66 valence electrons. The molecule has 0 saturated carbocycles. The Morgan fingerprint density at radius 3 is 2.25 bits per heavy atom. The standard InChI is InChI=1S/C7H5Cl2IOS/c8-4-2-1-3-5(9)6(4)7(11)12-10/h1-3,7,11H. The molecule has 0 heterocycles. The van der Waals surface area contributed by atoms with E-state index in [0.29, 0.717) is 15.6 Å². The lowest BCUT2D eigenvalue weighted by Crippen LogP contribution is -1.91. The van der Waals surface area contributed by atoms with Crippen molar-refractivity contribution in [3.05, 3.63) is 33.8 Å². The molecule has 1 aromatic carbocycles. The van der Waals surface area contributed by atoms with Gasteiger partial charge in [0.2, 0.25) is 0 Å². The molecule has 1 aromatic rings. The highest BCUT2D eigenvalue weighted by molar-refractivity contribution is 14.2. The Morgan fingerprint density at radius 1 is 1.33 bits per heavy atom. The molecule has 0 aliphatic carbocycles. The summed E-state index contributed by atoms with van der Waals surface area (Å²) in [6.07, 6.45) is 0. The minimum absolute atomic E-state index is 0.499. The fourth-order valence-electron chi connectivity index (χ4n) is 0.791. The zero-order valence-electron chi connectivity index (χ0n) is 5.80. The molecule has 0 aliphatic heterocycles. The first-order valence-corrected chi connectivity index (χ1v) is 7.24. The van der Waals surface area contributed by atoms with Gasteiger partial charge in [-0.25, -0.2) is 0 Å². The summed E-state index contributed by atoms with van der Waals surface area (Å²) in [5.41, 5.74) is -0.0768. The summed E-state index contributed by atoms with van der Waals surface area (Å²) >= 11 is 13.7. The molecule has 0 aliphatic rings. The van der Waals surface area contributed by atoms with Crippen LogP contribution in [0, 0.1) is 0 Å². The third-order valence-corrected chi connectivity index (χ3v) is 3.84. The van der Waals surface area contributed by atoms with Gasteiger partial charge in [-0.3, -0.25) is 0 Å². The summed E-state index contributed by atoms with van der Waals surface area (Å²) in [5, 5.41) is 10.5. The molecular formula is C7H5Cl2IOS. The van der Waals surface area contributed by atoms with Gasteiger partial charge in [0, 0.05) is 15.6 Å². The van der Waals surface area contributed by atoms with Crippen molar-refractivity contribution in [2.45, 2.75) is 5.44 Å². The van der Waals surface area contributed by atoms with Crippen LogP contribution in [-0.2, 0) is 0 Å². The number of aliphatic hydroxyl groups excluding tert-OH is 1. The Hall–Kier alpha value is 0.840. The fraction of sp³-hybridized carbons (Fsp3) is 0.143. The van der Waals surface area contributed by atoms with E-state index in [-0.39, 0.29) is 0 Å². The van der Waals surface area contributed by atoms with Crippen molar-refractivity contribution >= 4 is 53.3 Å². The molecule has 0 spiro atoms. The summed E-state index contributed by atoms with van der Waals surface area (Å²) in [6.45, 7) is 0. The number of halogens is 3. The van der Waals surface area contributed by atoms with Gasteiger partial charge in [-0.05, 0) is 33.3 Å². The SMILES string of the molecule is OC(SI)c1c(Cl)cccc1Cl. The maximum Gasteiger partial charge on any atom is 0.137 e. The molecule has 0 fully saturated rings. The largest absolute Gasteiger partial charge is 0.377 e. The topological polar surface area (TPSA) is 20.2 Å².